The number of hydrogen-bond donors (Lipinski definition) is 3. The van der Waals surface area contributed by atoms with E-state index in [4.69, 9.17) is 9.47 Å². The molecule has 0 fully saturated rings. The van der Waals surface area contributed by atoms with Gasteiger partial charge in [-0.05, 0) is 36.4 Å². The normalized spacial score (nSPS) is 17.9. The summed E-state index contributed by atoms with van der Waals surface area (Å²) in [4.78, 5) is 24.2. The summed E-state index contributed by atoms with van der Waals surface area (Å²) in [5, 5.41) is 32.9. The predicted octanol–water partition coefficient (Wildman–Crippen LogP) is 1.73. The number of aromatic carboxylic acids is 1. The number of ether oxygens (including phenoxy) is 2. The molecule has 1 aromatic heterocycles. The smallest absolute Gasteiger partial charge is 0.356 e. The van der Waals surface area contributed by atoms with Gasteiger partial charge in [0.15, 0.2) is 18.3 Å². The molecular formula is C19H14N2O7. The maximum Gasteiger partial charge on any atom is 0.356 e. The van der Waals surface area contributed by atoms with Crippen LogP contribution in [0.3, 0.4) is 0 Å². The molecule has 142 valence electrons. The number of fused-ring (bicyclic) bond motifs is 1. The Labute approximate surface area is 157 Å². The first-order valence-corrected chi connectivity index (χ1v) is 8.21. The van der Waals surface area contributed by atoms with E-state index in [2.05, 4.69) is 5.10 Å². The minimum atomic E-state index is -1.74. The number of para-hydroxylation sites is 1. The fourth-order valence-corrected chi connectivity index (χ4v) is 2.92. The van der Waals surface area contributed by atoms with Crippen molar-refractivity contribution in [2.75, 3.05) is 0 Å². The molecule has 4 rings (SSSR count). The van der Waals surface area contributed by atoms with Gasteiger partial charge in [-0.3, -0.25) is 4.79 Å². The fourth-order valence-electron chi connectivity index (χ4n) is 2.92. The topological polar surface area (TPSA) is 131 Å². The van der Waals surface area contributed by atoms with E-state index in [0.717, 1.165) is 4.68 Å². The predicted molar refractivity (Wildman–Crippen MR) is 94.3 cm³/mol. The van der Waals surface area contributed by atoms with Crippen LogP contribution in [0.2, 0.25) is 0 Å². The van der Waals surface area contributed by atoms with Crippen LogP contribution in [0.4, 0.5) is 0 Å². The van der Waals surface area contributed by atoms with E-state index < -0.39 is 29.8 Å². The van der Waals surface area contributed by atoms with Gasteiger partial charge in [-0.1, -0.05) is 18.2 Å². The van der Waals surface area contributed by atoms with Crippen molar-refractivity contribution in [1.29, 1.82) is 0 Å². The Morgan fingerprint density at radius 2 is 1.57 bits per heavy atom. The lowest BCUT2D eigenvalue weighted by Crippen LogP contribution is -2.29. The van der Waals surface area contributed by atoms with Gasteiger partial charge in [0, 0.05) is 0 Å². The average molecular weight is 382 g/mol. The summed E-state index contributed by atoms with van der Waals surface area (Å²) in [5.41, 5.74) is -1.82. The van der Waals surface area contributed by atoms with Crippen molar-refractivity contribution in [3.63, 3.8) is 0 Å². The quantitative estimate of drug-likeness (QED) is 0.622. The number of benzene rings is 2. The lowest BCUT2D eigenvalue weighted by Gasteiger charge is -2.11. The summed E-state index contributed by atoms with van der Waals surface area (Å²) in [6.07, 6.45) is -3.49. The molecule has 3 N–H and O–H groups in total. The SMILES string of the molecule is O=C(O)c1nn(-c2ccc(Oc3ccccc3)cc2)c(=O)c2c1C(O)OC2O. The second-order valence-electron chi connectivity index (χ2n) is 5.95. The highest BCUT2D eigenvalue weighted by Crippen LogP contribution is 2.35. The van der Waals surface area contributed by atoms with E-state index in [-0.39, 0.29) is 16.8 Å². The van der Waals surface area contributed by atoms with E-state index >= 15 is 0 Å². The van der Waals surface area contributed by atoms with Crippen LogP contribution in [0.5, 0.6) is 11.5 Å². The highest BCUT2D eigenvalue weighted by Gasteiger charge is 2.38. The maximum absolute atomic E-state index is 12.7. The standard InChI is InChI=1S/C19H14N2O7/c22-16-14-13(18(25)28-19(14)26)15(17(23)24)20-21(16)10-6-8-12(9-7-10)27-11-4-2-1-3-5-11/h1-9,18-19,25-26H,(H,23,24). The first-order valence-electron chi connectivity index (χ1n) is 8.21. The Morgan fingerprint density at radius 1 is 0.964 bits per heavy atom. The summed E-state index contributed by atoms with van der Waals surface area (Å²) in [6.45, 7) is 0. The van der Waals surface area contributed by atoms with Crippen molar-refractivity contribution in [3.05, 3.63) is 81.8 Å². The molecule has 9 nitrogen and oxygen atoms in total. The highest BCUT2D eigenvalue weighted by atomic mass is 16.7. The van der Waals surface area contributed by atoms with Crippen LogP contribution in [-0.2, 0) is 4.74 Å². The number of aliphatic hydroxyl groups is 2. The third-order valence-corrected chi connectivity index (χ3v) is 4.18. The van der Waals surface area contributed by atoms with Gasteiger partial charge in [0.1, 0.15) is 11.5 Å². The summed E-state index contributed by atoms with van der Waals surface area (Å²) in [7, 11) is 0. The van der Waals surface area contributed by atoms with E-state index in [1.807, 2.05) is 18.2 Å². The largest absolute Gasteiger partial charge is 0.476 e. The van der Waals surface area contributed by atoms with Crippen LogP contribution >= 0.6 is 0 Å². The van der Waals surface area contributed by atoms with Gasteiger partial charge in [-0.25, -0.2) is 4.79 Å². The van der Waals surface area contributed by atoms with Gasteiger partial charge in [-0.2, -0.15) is 9.78 Å². The van der Waals surface area contributed by atoms with Crippen molar-refractivity contribution in [2.45, 2.75) is 12.6 Å². The number of aromatic nitrogens is 2. The number of carboxylic acids is 1. The van der Waals surface area contributed by atoms with Gasteiger partial charge in [0.2, 0.25) is 0 Å². The minimum absolute atomic E-state index is 0.254. The molecule has 0 amide bonds. The molecule has 0 aliphatic carbocycles. The molecule has 0 bridgehead atoms. The molecular weight excluding hydrogens is 368 g/mol. The molecule has 2 heterocycles. The van der Waals surface area contributed by atoms with Gasteiger partial charge in [-0.15, -0.1) is 0 Å². The van der Waals surface area contributed by atoms with Crippen molar-refractivity contribution < 1.29 is 29.6 Å². The lowest BCUT2D eigenvalue weighted by atomic mass is 10.1. The van der Waals surface area contributed by atoms with Crippen LogP contribution < -0.4 is 10.3 Å². The van der Waals surface area contributed by atoms with Gasteiger partial charge < -0.3 is 24.8 Å². The number of hydrogen-bond acceptors (Lipinski definition) is 7. The molecule has 2 unspecified atom stereocenters. The second-order valence-corrected chi connectivity index (χ2v) is 5.95. The van der Waals surface area contributed by atoms with Gasteiger partial charge in [0.05, 0.1) is 16.8 Å². The van der Waals surface area contributed by atoms with Crippen molar-refractivity contribution in [2.24, 2.45) is 0 Å². The molecule has 2 atom stereocenters. The van der Waals surface area contributed by atoms with Crippen LogP contribution in [0.25, 0.3) is 5.69 Å². The van der Waals surface area contributed by atoms with Gasteiger partial charge in [0.25, 0.3) is 5.56 Å². The zero-order valence-corrected chi connectivity index (χ0v) is 14.2. The number of nitrogens with zero attached hydrogens (tertiary/aromatic N) is 2. The lowest BCUT2D eigenvalue weighted by molar-refractivity contribution is -0.194. The Morgan fingerprint density at radius 3 is 2.21 bits per heavy atom. The van der Waals surface area contributed by atoms with E-state index in [1.54, 1.807) is 24.3 Å². The molecule has 2 aromatic carbocycles. The Balaban J connectivity index is 1.76. The molecule has 9 heteroatoms. The monoisotopic (exact) mass is 382 g/mol. The summed E-state index contributed by atoms with van der Waals surface area (Å²) in [6, 6.07) is 15.3. The molecule has 0 spiro atoms. The Bertz CT molecular complexity index is 1090. The van der Waals surface area contributed by atoms with Crippen molar-refractivity contribution in [3.8, 4) is 17.2 Å². The maximum atomic E-state index is 12.7. The summed E-state index contributed by atoms with van der Waals surface area (Å²) >= 11 is 0. The number of carbonyl (C=O) groups is 1. The first-order chi connectivity index (χ1) is 13.5. The molecule has 28 heavy (non-hydrogen) atoms. The number of rotatable bonds is 4. The molecule has 1 aliphatic heterocycles. The Kier molecular flexibility index (Phi) is 4.40. The third-order valence-electron chi connectivity index (χ3n) is 4.18. The van der Waals surface area contributed by atoms with E-state index in [1.165, 1.54) is 12.1 Å². The molecule has 3 aromatic rings. The molecule has 0 saturated carbocycles. The van der Waals surface area contributed by atoms with Gasteiger partial charge >= 0.3 is 5.97 Å². The summed E-state index contributed by atoms with van der Waals surface area (Å²) < 4.78 is 11.3. The van der Waals surface area contributed by atoms with Crippen LogP contribution in [-0.4, -0.2) is 31.1 Å². The van der Waals surface area contributed by atoms with Crippen LogP contribution in [0.15, 0.2) is 59.4 Å². The zero-order chi connectivity index (χ0) is 19.8. The molecule has 1 aliphatic rings. The van der Waals surface area contributed by atoms with E-state index in [0.29, 0.717) is 11.5 Å². The highest BCUT2D eigenvalue weighted by molar-refractivity contribution is 5.87. The minimum Gasteiger partial charge on any atom is -0.476 e. The number of aliphatic hydroxyl groups excluding tert-OH is 2. The molecule has 0 saturated heterocycles. The summed E-state index contributed by atoms with van der Waals surface area (Å²) in [5.74, 6) is -0.335. The average Bonchev–Trinajstić information content (AvgIpc) is 2.98. The first kappa shape index (κ1) is 17.9. The van der Waals surface area contributed by atoms with E-state index in [9.17, 15) is 24.9 Å². The van der Waals surface area contributed by atoms with Crippen LogP contribution in [0.1, 0.15) is 34.2 Å². The second kappa shape index (κ2) is 6.89. The third kappa shape index (κ3) is 3.03. The van der Waals surface area contributed by atoms with Crippen molar-refractivity contribution >= 4 is 5.97 Å². The Hall–Kier alpha value is -3.53. The van der Waals surface area contributed by atoms with Crippen molar-refractivity contribution in [1.82, 2.24) is 9.78 Å². The fraction of sp³-hybridized carbons (Fsp3) is 0.105. The van der Waals surface area contributed by atoms with Crippen LogP contribution in [0, 0.1) is 0 Å². The number of carboxylic acid groups (broad SMARTS) is 1. The molecule has 0 radical (unpaired) electrons. The zero-order valence-electron chi connectivity index (χ0n) is 14.2.